The minimum Gasteiger partial charge on any atom is -0.361 e. The largest absolute Gasteiger partial charge is 0.361 e. The highest BCUT2D eigenvalue weighted by Crippen LogP contribution is 2.24. The number of hydrogen-bond donors (Lipinski definition) is 1. The van der Waals surface area contributed by atoms with Gasteiger partial charge in [-0.1, -0.05) is 46.7 Å². The van der Waals surface area contributed by atoms with Crippen molar-refractivity contribution in [2.45, 2.75) is 50.1 Å². The highest BCUT2D eigenvalue weighted by molar-refractivity contribution is 7.98. The van der Waals surface area contributed by atoms with E-state index in [2.05, 4.69) is 51.5 Å². The molecule has 1 amide bonds. The monoisotopic (exact) mass is 436 g/mol. The second-order valence-electron chi connectivity index (χ2n) is 8.09. The van der Waals surface area contributed by atoms with Crippen molar-refractivity contribution in [2.24, 2.45) is 0 Å². The van der Waals surface area contributed by atoms with Crippen LogP contribution in [-0.4, -0.2) is 40.1 Å². The molecular formula is C24H28N4O2S. The average Bonchev–Trinajstić information content (AvgIpc) is 3.19. The molecule has 4 rings (SSSR count). The SMILES string of the molecule is Cc1cccc(CN2CCC(NC(=O)c3cccnc3SCc3cc(C)on3)CC2)c1. The van der Waals surface area contributed by atoms with Gasteiger partial charge in [0.25, 0.3) is 5.91 Å². The van der Waals surface area contributed by atoms with E-state index < -0.39 is 0 Å². The number of rotatable bonds is 7. The maximum atomic E-state index is 12.9. The van der Waals surface area contributed by atoms with E-state index in [1.54, 1.807) is 6.20 Å². The summed E-state index contributed by atoms with van der Waals surface area (Å²) in [4.78, 5) is 19.8. The number of aromatic nitrogens is 2. The van der Waals surface area contributed by atoms with Gasteiger partial charge in [-0.2, -0.15) is 0 Å². The van der Waals surface area contributed by atoms with Gasteiger partial charge in [0, 0.05) is 43.7 Å². The van der Waals surface area contributed by atoms with Gasteiger partial charge in [-0.05, 0) is 44.4 Å². The minimum absolute atomic E-state index is 0.0518. The van der Waals surface area contributed by atoms with Crippen LogP contribution in [0.15, 0.2) is 58.2 Å². The molecule has 0 radical (unpaired) electrons. The maximum absolute atomic E-state index is 12.9. The van der Waals surface area contributed by atoms with Crippen LogP contribution in [0.5, 0.6) is 0 Å². The third-order valence-electron chi connectivity index (χ3n) is 5.46. The lowest BCUT2D eigenvalue weighted by molar-refractivity contribution is 0.0905. The Labute approximate surface area is 187 Å². The van der Waals surface area contributed by atoms with Crippen LogP contribution in [0.2, 0.25) is 0 Å². The minimum atomic E-state index is -0.0518. The number of likely N-dealkylation sites (tertiary alicyclic amines) is 1. The van der Waals surface area contributed by atoms with Gasteiger partial charge in [0.1, 0.15) is 10.8 Å². The van der Waals surface area contributed by atoms with Gasteiger partial charge in [0.15, 0.2) is 0 Å². The fourth-order valence-electron chi connectivity index (χ4n) is 3.87. The molecule has 0 unspecified atom stereocenters. The molecule has 1 aliphatic heterocycles. The normalized spacial score (nSPS) is 15.2. The third kappa shape index (κ3) is 5.95. The summed E-state index contributed by atoms with van der Waals surface area (Å²) in [6, 6.07) is 14.4. The average molecular weight is 437 g/mol. The van der Waals surface area contributed by atoms with Crippen LogP contribution >= 0.6 is 11.8 Å². The number of nitrogens with one attached hydrogen (secondary N) is 1. The van der Waals surface area contributed by atoms with E-state index in [-0.39, 0.29) is 11.9 Å². The summed E-state index contributed by atoms with van der Waals surface area (Å²) in [5.41, 5.74) is 4.11. The molecule has 1 aliphatic rings. The van der Waals surface area contributed by atoms with Gasteiger partial charge in [-0.15, -0.1) is 0 Å². The lowest BCUT2D eigenvalue weighted by Gasteiger charge is -2.32. The number of pyridine rings is 1. The Bertz CT molecular complexity index is 1030. The standard InChI is InChI=1S/C24H28N4O2S/c1-17-5-3-6-19(13-17)15-28-11-8-20(9-12-28)26-23(29)22-7-4-10-25-24(22)31-16-21-14-18(2)30-27-21/h3-7,10,13-14,20H,8-9,11-12,15-16H2,1-2H3,(H,26,29). The van der Waals surface area contributed by atoms with Crippen LogP contribution in [-0.2, 0) is 12.3 Å². The molecule has 3 aromatic rings. The van der Waals surface area contributed by atoms with Crippen LogP contribution in [0.3, 0.4) is 0 Å². The quantitative estimate of drug-likeness (QED) is 0.555. The Morgan fingerprint density at radius 2 is 2.03 bits per heavy atom. The molecule has 162 valence electrons. The van der Waals surface area contributed by atoms with Crippen LogP contribution in [0.25, 0.3) is 0 Å². The zero-order valence-corrected chi connectivity index (χ0v) is 18.8. The second kappa shape index (κ2) is 10.1. The number of amides is 1. The van der Waals surface area contributed by atoms with Crippen molar-refractivity contribution in [3.05, 3.63) is 76.8 Å². The first kappa shape index (κ1) is 21.6. The molecule has 3 heterocycles. The van der Waals surface area contributed by atoms with Crippen molar-refractivity contribution in [2.75, 3.05) is 13.1 Å². The fraction of sp³-hybridized carbons (Fsp3) is 0.375. The summed E-state index contributed by atoms with van der Waals surface area (Å²) < 4.78 is 5.12. The lowest BCUT2D eigenvalue weighted by atomic mass is 10.0. The zero-order chi connectivity index (χ0) is 21.6. The Morgan fingerprint density at radius 3 is 2.77 bits per heavy atom. The van der Waals surface area contributed by atoms with Gasteiger partial charge in [-0.3, -0.25) is 9.69 Å². The molecule has 1 N–H and O–H groups in total. The number of nitrogens with zero attached hydrogens (tertiary/aromatic N) is 3. The predicted molar refractivity (Wildman–Crippen MR) is 122 cm³/mol. The summed E-state index contributed by atoms with van der Waals surface area (Å²) in [6.07, 6.45) is 3.63. The lowest BCUT2D eigenvalue weighted by Crippen LogP contribution is -2.44. The Morgan fingerprint density at radius 1 is 1.19 bits per heavy atom. The van der Waals surface area contributed by atoms with Crippen molar-refractivity contribution in [3.63, 3.8) is 0 Å². The van der Waals surface area contributed by atoms with Gasteiger partial charge in [0.05, 0.1) is 11.3 Å². The first-order valence-corrected chi connectivity index (χ1v) is 11.6. The number of aryl methyl sites for hydroxylation is 2. The van der Waals surface area contributed by atoms with Crippen LogP contribution in [0.4, 0.5) is 0 Å². The molecule has 2 aromatic heterocycles. The number of hydrogen-bond acceptors (Lipinski definition) is 6. The van der Waals surface area contributed by atoms with Gasteiger partial charge in [-0.25, -0.2) is 4.98 Å². The highest BCUT2D eigenvalue weighted by atomic mass is 32.2. The van der Waals surface area contributed by atoms with Gasteiger partial charge >= 0.3 is 0 Å². The van der Waals surface area contributed by atoms with Crippen molar-refractivity contribution in [1.82, 2.24) is 20.4 Å². The summed E-state index contributed by atoms with van der Waals surface area (Å²) in [7, 11) is 0. The van der Waals surface area contributed by atoms with E-state index >= 15 is 0 Å². The van der Waals surface area contributed by atoms with Crippen LogP contribution < -0.4 is 5.32 Å². The van der Waals surface area contributed by atoms with E-state index in [9.17, 15) is 4.79 Å². The molecule has 0 saturated carbocycles. The van der Waals surface area contributed by atoms with Crippen molar-refractivity contribution in [1.29, 1.82) is 0 Å². The Kier molecular flexibility index (Phi) is 7.04. The topological polar surface area (TPSA) is 71.3 Å². The first-order valence-electron chi connectivity index (χ1n) is 10.7. The molecular weight excluding hydrogens is 408 g/mol. The maximum Gasteiger partial charge on any atom is 0.254 e. The van der Waals surface area contributed by atoms with E-state index in [0.29, 0.717) is 11.3 Å². The fourth-order valence-corrected chi connectivity index (χ4v) is 4.75. The summed E-state index contributed by atoms with van der Waals surface area (Å²) in [5, 5.41) is 7.95. The third-order valence-corrected chi connectivity index (χ3v) is 6.50. The van der Waals surface area contributed by atoms with Crippen LogP contribution in [0.1, 0.15) is 45.8 Å². The van der Waals surface area contributed by atoms with E-state index in [1.807, 2.05) is 25.1 Å². The second-order valence-corrected chi connectivity index (χ2v) is 9.05. The van der Waals surface area contributed by atoms with Crippen molar-refractivity contribution in [3.8, 4) is 0 Å². The smallest absolute Gasteiger partial charge is 0.254 e. The predicted octanol–water partition coefficient (Wildman–Crippen LogP) is 4.37. The van der Waals surface area contributed by atoms with E-state index in [1.165, 1.54) is 22.9 Å². The van der Waals surface area contributed by atoms with Gasteiger partial charge < -0.3 is 9.84 Å². The number of piperidine rings is 1. The molecule has 0 spiro atoms. The number of carbonyl (C=O) groups excluding carboxylic acids is 1. The molecule has 0 atom stereocenters. The first-order chi connectivity index (χ1) is 15.1. The summed E-state index contributed by atoms with van der Waals surface area (Å²) >= 11 is 1.50. The number of benzene rings is 1. The highest BCUT2D eigenvalue weighted by Gasteiger charge is 2.22. The van der Waals surface area contributed by atoms with E-state index in [0.717, 1.165) is 49.0 Å². The summed E-state index contributed by atoms with van der Waals surface area (Å²) in [5.74, 6) is 1.35. The molecule has 1 saturated heterocycles. The Balaban J connectivity index is 1.30. The summed E-state index contributed by atoms with van der Waals surface area (Å²) in [6.45, 7) is 6.93. The van der Waals surface area contributed by atoms with E-state index in [4.69, 9.17) is 4.52 Å². The van der Waals surface area contributed by atoms with Crippen molar-refractivity contribution < 1.29 is 9.32 Å². The Hall–Kier alpha value is -2.64. The van der Waals surface area contributed by atoms with Crippen molar-refractivity contribution >= 4 is 17.7 Å². The molecule has 7 heteroatoms. The molecule has 1 fully saturated rings. The number of thioether (sulfide) groups is 1. The molecule has 31 heavy (non-hydrogen) atoms. The molecule has 0 aliphatic carbocycles. The van der Waals surface area contributed by atoms with Crippen LogP contribution in [0, 0.1) is 13.8 Å². The molecule has 6 nitrogen and oxygen atoms in total. The number of carbonyl (C=O) groups is 1. The molecule has 0 bridgehead atoms. The zero-order valence-electron chi connectivity index (χ0n) is 18.0. The van der Waals surface area contributed by atoms with Gasteiger partial charge in [0.2, 0.25) is 0 Å². The molecule has 1 aromatic carbocycles.